The summed E-state index contributed by atoms with van der Waals surface area (Å²) >= 11 is 0. The summed E-state index contributed by atoms with van der Waals surface area (Å²) in [6.07, 6.45) is 5.00. The molecule has 19 heavy (non-hydrogen) atoms. The van der Waals surface area contributed by atoms with Crippen LogP contribution < -0.4 is 16.5 Å². The summed E-state index contributed by atoms with van der Waals surface area (Å²) < 4.78 is 0. The van der Waals surface area contributed by atoms with Crippen molar-refractivity contribution < 1.29 is 0 Å². The highest BCUT2D eigenvalue weighted by Gasteiger charge is 2.25. The van der Waals surface area contributed by atoms with E-state index in [1.54, 1.807) is 0 Å². The summed E-state index contributed by atoms with van der Waals surface area (Å²) in [5, 5.41) is 5.21. The van der Waals surface area contributed by atoms with Crippen molar-refractivity contribution in [3.63, 3.8) is 0 Å². The van der Waals surface area contributed by atoms with Crippen molar-refractivity contribution in [2.24, 2.45) is 4.99 Å². The van der Waals surface area contributed by atoms with E-state index >= 15 is 0 Å². The standard InChI is InChI=1S/C13H19N5O/c1-3-11-15-12-10(14-13(19)16-12)8-18(11)17-6-4-9(2)5-7-17/h8,11H,2-7H2,1H3,(H2,14,15,16,19). The number of imidazole rings is 1. The predicted octanol–water partition coefficient (Wildman–Crippen LogP) is -0.321. The number of aromatic nitrogens is 2. The summed E-state index contributed by atoms with van der Waals surface area (Å²) in [6, 6.07) is 0. The van der Waals surface area contributed by atoms with Crippen LogP contribution in [0.5, 0.6) is 0 Å². The number of fused-ring (bicyclic) bond motifs is 1. The largest absolute Gasteiger partial charge is 0.325 e. The van der Waals surface area contributed by atoms with Crippen LogP contribution in [-0.2, 0) is 0 Å². The van der Waals surface area contributed by atoms with Crippen molar-refractivity contribution >= 4 is 6.20 Å². The van der Waals surface area contributed by atoms with Crippen LogP contribution in [-0.4, -0.2) is 39.2 Å². The van der Waals surface area contributed by atoms with Gasteiger partial charge in [0.1, 0.15) is 11.5 Å². The summed E-state index contributed by atoms with van der Waals surface area (Å²) in [4.78, 5) is 21.4. The molecule has 6 heteroatoms. The quantitative estimate of drug-likeness (QED) is 0.717. The molecule has 2 aliphatic rings. The molecule has 3 heterocycles. The van der Waals surface area contributed by atoms with Gasteiger partial charge in [-0.2, -0.15) is 0 Å². The van der Waals surface area contributed by atoms with Crippen molar-refractivity contribution in [3.05, 3.63) is 33.5 Å². The van der Waals surface area contributed by atoms with Gasteiger partial charge in [-0.1, -0.05) is 19.1 Å². The van der Waals surface area contributed by atoms with Crippen molar-refractivity contribution in [1.29, 1.82) is 0 Å². The van der Waals surface area contributed by atoms with E-state index in [9.17, 15) is 4.79 Å². The van der Waals surface area contributed by atoms with Gasteiger partial charge in [-0.3, -0.25) is 9.99 Å². The number of H-pyrrole nitrogens is 2. The van der Waals surface area contributed by atoms with Gasteiger partial charge < -0.3 is 4.98 Å². The predicted molar refractivity (Wildman–Crippen MR) is 72.5 cm³/mol. The fourth-order valence-corrected chi connectivity index (χ4v) is 2.60. The summed E-state index contributed by atoms with van der Waals surface area (Å²) in [6.45, 7) is 8.07. The highest BCUT2D eigenvalue weighted by Crippen LogP contribution is 2.19. The van der Waals surface area contributed by atoms with E-state index in [0.29, 0.717) is 5.49 Å². The van der Waals surface area contributed by atoms with E-state index in [0.717, 1.165) is 37.7 Å². The van der Waals surface area contributed by atoms with Crippen LogP contribution in [0, 0.1) is 0 Å². The monoisotopic (exact) mass is 261 g/mol. The first kappa shape index (κ1) is 12.2. The number of aromatic amines is 2. The molecule has 1 aromatic heterocycles. The first-order chi connectivity index (χ1) is 9.17. The molecule has 0 radical (unpaired) electrons. The molecule has 1 saturated heterocycles. The Morgan fingerprint density at radius 2 is 2.16 bits per heavy atom. The normalized spacial score (nSPS) is 23.7. The lowest BCUT2D eigenvalue weighted by Gasteiger charge is -2.40. The Hall–Kier alpha value is -1.82. The Bertz CT molecular complexity index is 645. The fraction of sp³-hybridized carbons (Fsp3) is 0.538. The Labute approximate surface area is 111 Å². The van der Waals surface area contributed by atoms with Crippen molar-refractivity contribution in [2.45, 2.75) is 32.4 Å². The topological polar surface area (TPSA) is 67.5 Å². The third-order valence-electron chi connectivity index (χ3n) is 3.72. The second-order valence-corrected chi connectivity index (χ2v) is 5.07. The Balaban J connectivity index is 1.94. The average molecular weight is 261 g/mol. The van der Waals surface area contributed by atoms with Crippen LogP contribution in [0.3, 0.4) is 0 Å². The second kappa shape index (κ2) is 4.70. The van der Waals surface area contributed by atoms with E-state index in [1.165, 1.54) is 5.57 Å². The Morgan fingerprint density at radius 1 is 1.42 bits per heavy atom. The molecule has 0 aromatic carbocycles. The Morgan fingerprint density at radius 3 is 2.84 bits per heavy atom. The van der Waals surface area contributed by atoms with E-state index in [1.807, 2.05) is 6.20 Å². The van der Waals surface area contributed by atoms with E-state index in [-0.39, 0.29) is 11.9 Å². The summed E-state index contributed by atoms with van der Waals surface area (Å²) in [5.41, 5.74) is 1.78. The molecule has 0 saturated carbocycles. The lowest BCUT2D eigenvalue weighted by atomic mass is 10.1. The van der Waals surface area contributed by atoms with Gasteiger partial charge in [0, 0.05) is 19.3 Å². The van der Waals surface area contributed by atoms with Crippen LogP contribution in [0.2, 0.25) is 0 Å². The number of hydrazine groups is 1. The summed E-state index contributed by atoms with van der Waals surface area (Å²) in [5.74, 6) is 0. The maximum Gasteiger partial charge on any atom is 0.325 e. The molecule has 0 aliphatic carbocycles. The molecule has 1 atom stereocenters. The first-order valence-electron chi connectivity index (χ1n) is 6.75. The average Bonchev–Trinajstić information content (AvgIpc) is 2.77. The highest BCUT2D eigenvalue weighted by atomic mass is 16.1. The number of nitrogens with zero attached hydrogens (tertiary/aromatic N) is 3. The van der Waals surface area contributed by atoms with Gasteiger partial charge in [-0.05, 0) is 19.3 Å². The van der Waals surface area contributed by atoms with E-state index < -0.39 is 0 Å². The minimum Gasteiger partial charge on any atom is -0.303 e. The zero-order chi connectivity index (χ0) is 13.4. The molecule has 1 unspecified atom stereocenters. The molecule has 6 nitrogen and oxygen atoms in total. The third kappa shape index (κ3) is 2.23. The smallest absolute Gasteiger partial charge is 0.303 e. The zero-order valence-corrected chi connectivity index (χ0v) is 11.1. The van der Waals surface area contributed by atoms with Crippen LogP contribution >= 0.6 is 0 Å². The van der Waals surface area contributed by atoms with Gasteiger partial charge in [-0.15, -0.1) is 0 Å². The van der Waals surface area contributed by atoms with E-state index in [2.05, 4.69) is 38.5 Å². The number of hydrogen-bond donors (Lipinski definition) is 2. The molecular formula is C13H19N5O. The third-order valence-corrected chi connectivity index (χ3v) is 3.72. The van der Waals surface area contributed by atoms with Crippen molar-refractivity contribution in [1.82, 2.24) is 20.0 Å². The molecule has 1 fully saturated rings. The number of piperidine rings is 1. The number of nitrogens with one attached hydrogen (secondary N) is 2. The fourth-order valence-electron chi connectivity index (χ4n) is 2.60. The van der Waals surface area contributed by atoms with E-state index in [4.69, 9.17) is 0 Å². The minimum absolute atomic E-state index is 0.0605. The van der Waals surface area contributed by atoms with Crippen LogP contribution in [0.4, 0.5) is 0 Å². The molecule has 3 rings (SSSR count). The van der Waals surface area contributed by atoms with Gasteiger partial charge in [0.05, 0.1) is 0 Å². The summed E-state index contributed by atoms with van der Waals surface area (Å²) in [7, 11) is 0. The number of hydrogen-bond acceptors (Lipinski definition) is 4. The first-order valence-corrected chi connectivity index (χ1v) is 6.75. The molecule has 0 spiro atoms. The molecule has 2 N–H and O–H groups in total. The molecular weight excluding hydrogens is 242 g/mol. The molecule has 0 bridgehead atoms. The van der Waals surface area contributed by atoms with Gasteiger partial charge in [-0.25, -0.2) is 14.8 Å². The lowest BCUT2D eigenvalue weighted by molar-refractivity contribution is -0.00677. The molecule has 102 valence electrons. The maximum absolute atomic E-state index is 11.3. The van der Waals surface area contributed by atoms with Crippen LogP contribution in [0.1, 0.15) is 26.2 Å². The number of rotatable bonds is 2. The second-order valence-electron chi connectivity index (χ2n) is 5.07. The van der Waals surface area contributed by atoms with Crippen molar-refractivity contribution in [3.8, 4) is 0 Å². The molecule has 0 amide bonds. The maximum atomic E-state index is 11.3. The van der Waals surface area contributed by atoms with Gasteiger partial charge >= 0.3 is 5.69 Å². The zero-order valence-electron chi connectivity index (χ0n) is 11.1. The molecule has 1 aromatic rings. The van der Waals surface area contributed by atoms with Crippen LogP contribution in [0.25, 0.3) is 6.20 Å². The van der Waals surface area contributed by atoms with Crippen LogP contribution in [0.15, 0.2) is 21.9 Å². The lowest BCUT2D eigenvalue weighted by Crippen LogP contribution is -2.52. The SMILES string of the molecule is C=C1CCN(N2C=c3[nH]c(=O)[nH]c3=NC2CC)CC1. The molecule has 2 aliphatic heterocycles. The van der Waals surface area contributed by atoms with Gasteiger partial charge in [0.25, 0.3) is 0 Å². The van der Waals surface area contributed by atoms with Gasteiger partial charge in [0.15, 0.2) is 5.49 Å². The van der Waals surface area contributed by atoms with Crippen molar-refractivity contribution in [2.75, 3.05) is 13.1 Å². The minimum atomic E-state index is -0.200. The van der Waals surface area contributed by atoms with Gasteiger partial charge in [0.2, 0.25) is 0 Å². The highest BCUT2D eigenvalue weighted by molar-refractivity contribution is 5.18. The Kier molecular flexibility index (Phi) is 3.02.